The number of nitrogens with two attached hydrogens (primary N) is 6. The molecule has 0 amide bonds. The van der Waals surface area contributed by atoms with Gasteiger partial charge in [0.1, 0.15) is 0 Å². The minimum Gasteiger partial charge on any atom is -0.356 e. The van der Waals surface area contributed by atoms with Crippen molar-refractivity contribution in [2.45, 2.75) is 0 Å². The van der Waals surface area contributed by atoms with Gasteiger partial charge in [-0.15, -0.1) is 0 Å². The molecule has 0 aromatic carbocycles. The van der Waals surface area contributed by atoms with Gasteiger partial charge < -0.3 is 95.7 Å². The van der Waals surface area contributed by atoms with Gasteiger partial charge in [-0.2, -0.15) is 0 Å². The molecule has 0 atom stereocenters. The van der Waals surface area contributed by atoms with Crippen molar-refractivity contribution in [2.24, 2.45) is 34.4 Å². The van der Waals surface area contributed by atoms with Crippen LogP contribution in [0.3, 0.4) is 0 Å². The van der Waals surface area contributed by atoms with Crippen molar-refractivity contribution in [3.8, 4) is 0 Å². The Bertz CT molecular complexity index is 248. The Morgan fingerprint density at radius 3 is 0.414 bits per heavy atom. The predicted molar refractivity (Wildman–Crippen MR) is 95.8 cm³/mol. The van der Waals surface area contributed by atoms with E-state index in [2.05, 4.69) is 0 Å². The van der Waals surface area contributed by atoms with Gasteiger partial charge in [-0.25, -0.2) is 0 Å². The maximum atomic E-state index is 8.25. The molecule has 0 rings (SSSR count). The van der Waals surface area contributed by atoms with E-state index in [0.717, 1.165) is 0 Å². The zero-order valence-corrected chi connectivity index (χ0v) is 17.0. The smallest absolute Gasteiger partial charge is 0.356 e. The zero-order valence-electron chi connectivity index (χ0n) is 14.7. The first-order valence-electron chi connectivity index (χ1n) is 6.14. The van der Waals surface area contributed by atoms with E-state index in [-0.39, 0.29) is 21.1 Å². The molecule has 0 fully saturated rings. The number of rotatable bonds is 3. The van der Waals surface area contributed by atoms with Crippen molar-refractivity contribution in [2.75, 3.05) is 39.3 Å². The van der Waals surface area contributed by atoms with Crippen LogP contribution in [0.5, 0.6) is 0 Å². The second-order valence-corrected chi connectivity index (χ2v) is 2.63. The molecule has 29 heavy (non-hydrogen) atoms. The second kappa shape index (κ2) is 63.8. The monoisotopic (exact) mass is 623 g/mol. The van der Waals surface area contributed by atoms with Crippen molar-refractivity contribution in [3.63, 3.8) is 0 Å². The SMILES string of the molecule is NCCN.NCCN.NCCN.O=[N+]([O-])[O-].O=[N+]([O-])[O-].O=[N+]([O-])[O-].O=[N+]([O-])[O-].[Pt+4]. The van der Waals surface area contributed by atoms with Crippen LogP contribution in [-0.4, -0.2) is 59.6 Å². The van der Waals surface area contributed by atoms with Gasteiger partial charge in [0, 0.05) is 39.3 Å². The van der Waals surface area contributed by atoms with Gasteiger partial charge in [-0.1, -0.05) is 0 Å². The van der Waals surface area contributed by atoms with Gasteiger partial charge in [-0.05, 0) is 0 Å². The molecule has 22 nitrogen and oxygen atoms in total. The van der Waals surface area contributed by atoms with Gasteiger partial charge in [0.2, 0.25) is 0 Å². The van der Waals surface area contributed by atoms with E-state index in [1.54, 1.807) is 0 Å². The largest absolute Gasteiger partial charge is 4.00 e. The average Bonchev–Trinajstić information content (AvgIpc) is 2.53. The maximum Gasteiger partial charge on any atom is 4.00 e. The van der Waals surface area contributed by atoms with Crippen LogP contribution in [0.25, 0.3) is 0 Å². The van der Waals surface area contributed by atoms with Gasteiger partial charge >= 0.3 is 21.1 Å². The van der Waals surface area contributed by atoms with E-state index in [1.807, 2.05) is 0 Å². The molecular weight excluding hydrogens is 599 g/mol. The first-order valence-corrected chi connectivity index (χ1v) is 6.14. The molecule has 180 valence electrons. The normalized spacial score (nSPS) is 6.41. The standard InChI is InChI=1S/3C2H8N2.4NO3.Pt/c3*3-1-2-4;4*2-1(3)4;/h3*1-4H2;;;;;/q;;;4*-1;+4. The van der Waals surface area contributed by atoms with Crippen molar-refractivity contribution in [1.82, 2.24) is 0 Å². The zero-order chi connectivity index (χ0) is 24.6. The summed E-state index contributed by atoms with van der Waals surface area (Å²) in [6.07, 6.45) is 0. The first kappa shape index (κ1) is 50.2. The molecule has 0 aromatic rings. The molecule has 0 saturated heterocycles. The second-order valence-electron chi connectivity index (χ2n) is 2.63. The summed E-state index contributed by atoms with van der Waals surface area (Å²) in [4.78, 5) is 33.0. The molecular formula is C6H24N10O12Pt. The summed E-state index contributed by atoms with van der Waals surface area (Å²) in [6, 6.07) is 0. The summed E-state index contributed by atoms with van der Waals surface area (Å²) in [7, 11) is 0. The van der Waals surface area contributed by atoms with Gasteiger partial charge in [0.15, 0.2) is 0 Å². The van der Waals surface area contributed by atoms with Crippen LogP contribution in [0.1, 0.15) is 0 Å². The minimum atomic E-state index is -1.75. The van der Waals surface area contributed by atoms with E-state index in [9.17, 15) is 0 Å². The van der Waals surface area contributed by atoms with Crippen LogP contribution < -0.4 is 34.4 Å². The molecule has 0 aromatic heterocycles. The third kappa shape index (κ3) is 221000. The predicted octanol–water partition coefficient (Wildman–Crippen LogP) is -4.25. The number of hydrogen-bond acceptors (Lipinski definition) is 18. The third-order valence-electron chi connectivity index (χ3n) is 0.500. The van der Waals surface area contributed by atoms with Crippen molar-refractivity contribution >= 4 is 0 Å². The van der Waals surface area contributed by atoms with Crippen LogP contribution in [-0.2, 0) is 21.1 Å². The number of nitrogens with zero attached hydrogens (tertiary/aromatic N) is 4. The fourth-order valence-corrected chi connectivity index (χ4v) is 0. The maximum absolute atomic E-state index is 8.25. The Hall–Kier alpha value is -2.75. The Kier molecular flexibility index (Phi) is 111. The molecule has 0 unspecified atom stereocenters. The minimum absolute atomic E-state index is 0. The van der Waals surface area contributed by atoms with E-state index in [0.29, 0.717) is 39.3 Å². The molecule has 12 N–H and O–H groups in total. The summed E-state index contributed by atoms with van der Waals surface area (Å²) in [5.74, 6) is 0. The fraction of sp³-hybridized carbons (Fsp3) is 1.00. The first-order chi connectivity index (χ1) is 12.7. The molecule has 0 aliphatic carbocycles. The van der Waals surface area contributed by atoms with E-state index in [1.165, 1.54) is 0 Å². The van der Waals surface area contributed by atoms with Crippen LogP contribution in [0.2, 0.25) is 0 Å². The summed E-state index contributed by atoms with van der Waals surface area (Å²) < 4.78 is 0. The van der Waals surface area contributed by atoms with E-state index < -0.39 is 20.3 Å². The van der Waals surface area contributed by atoms with E-state index >= 15 is 0 Å². The third-order valence-corrected chi connectivity index (χ3v) is 0.500. The summed E-state index contributed by atoms with van der Waals surface area (Å²) >= 11 is 0. The Morgan fingerprint density at radius 2 is 0.414 bits per heavy atom. The average molecular weight is 623 g/mol. The van der Waals surface area contributed by atoms with Gasteiger partial charge in [0.25, 0.3) is 0 Å². The molecule has 0 spiro atoms. The Balaban J connectivity index is -0.0000000294. The van der Waals surface area contributed by atoms with Crippen molar-refractivity contribution in [1.29, 1.82) is 0 Å². The van der Waals surface area contributed by atoms with Crippen LogP contribution in [0.15, 0.2) is 0 Å². The summed E-state index contributed by atoms with van der Waals surface area (Å²) in [6.45, 7) is 3.58. The molecule has 0 aliphatic rings. The molecule has 0 radical (unpaired) electrons. The Morgan fingerprint density at radius 1 is 0.379 bits per heavy atom. The molecule has 0 heterocycles. The quantitative estimate of drug-likeness (QED) is 0.128. The Labute approximate surface area is 177 Å². The van der Waals surface area contributed by atoms with Gasteiger partial charge in [0.05, 0.1) is 20.3 Å². The number of hydrogen-bond donors (Lipinski definition) is 6. The molecule has 23 heteroatoms. The fourth-order valence-electron chi connectivity index (χ4n) is 0. The topological polar surface area (TPSA) is 421 Å². The van der Waals surface area contributed by atoms with Crippen LogP contribution in [0.4, 0.5) is 0 Å². The van der Waals surface area contributed by atoms with Crippen molar-refractivity contribution in [3.05, 3.63) is 61.3 Å². The van der Waals surface area contributed by atoms with Crippen LogP contribution in [0, 0.1) is 61.3 Å². The molecule has 0 bridgehead atoms. The van der Waals surface area contributed by atoms with Gasteiger partial charge in [-0.3, -0.25) is 0 Å². The van der Waals surface area contributed by atoms with Crippen molar-refractivity contribution < 1.29 is 41.4 Å². The van der Waals surface area contributed by atoms with Crippen LogP contribution >= 0.6 is 0 Å². The van der Waals surface area contributed by atoms with E-state index in [4.69, 9.17) is 95.7 Å². The summed E-state index contributed by atoms with van der Waals surface area (Å²) in [5, 5.41) is 59.0. The molecule has 0 saturated carbocycles. The molecule has 0 aliphatic heterocycles. The summed E-state index contributed by atoms with van der Waals surface area (Å²) in [5.41, 5.74) is 29.4.